The van der Waals surface area contributed by atoms with E-state index in [0.29, 0.717) is 12.1 Å². The maximum Gasteiger partial charge on any atom is 0.124 e. The number of aryl methyl sites for hydroxylation is 2. The predicted molar refractivity (Wildman–Crippen MR) is 125 cm³/mol. The van der Waals surface area contributed by atoms with Crippen LogP contribution in [0.5, 0.6) is 11.5 Å². The van der Waals surface area contributed by atoms with Crippen LogP contribution >= 0.6 is 11.3 Å². The highest BCUT2D eigenvalue weighted by molar-refractivity contribution is 7.09. The normalized spacial score (nSPS) is 23.1. The third-order valence-corrected chi connectivity index (χ3v) is 7.19. The van der Waals surface area contributed by atoms with Crippen LogP contribution in [0.4, 0.5) is 0 Å². The van der Waals surface area contributed by atoms with Gasteiger partial charge in [0.15, 0.2) is 0 Å². The van der Waals surface area contributed by atoms with E-state index in [1.165, 1.54) is 11.1 Å². The number of thiazole rings is 1. The fraction of sp³-hybridized carbons (Fsp3) is 0.423. The molecule has 5 heteroatoms. The van der Waals surface area contributed by atoms with Crippen molar-refractivity contribution in [3.8, 4) is 11.5 Å². The maximum atomic E-state index is 6.35. The van der Waals surface area contributed by atoms with Crippen molar-refractivity contribution in [1.29, 1.82) is 0 Å². The Morgan fingerprint density at radius 2 is 1.90 bits per heavy atom. The van der Waals surface area contributed by atoms with E-state index in [1.54, 1.807) is 11.3 Å². The summed E-state index contributed by atoms with van der Waals surface area (Å²) < 4.78 is 12.6. The van der Waals surface area contributed by atoms with Gasteiger partial charge in [-0.15, -0.1) is 11.3 Å². The number of rotatable bonds is 6. The lowest BCUT2D eigenvalue weighted by atomic mass is 9.92. The molecule has 1 saturated carbocycles. The van der Waals surface area contributed by atoms with Crippen molar-refractivity contribution < 1.29 is 9.47 Å². The molecule has 0 spiro atoms. The third-order valence-electron chi connectivity index (χ3n) is 6.36. The fourth-order valence-corrected chi connectivity index (χ4v) is 5.27. The molecule has 0 bridgehead atoms. The molecule has 2 aliphatic rings. The van der Waals surface area contributed by atoms with Crippen molar-refractivity contribution in [3.05, 3.63) is 75.7 Å². The molecular formula is C26H30N2O2S. The number of nitrogens with zero attached hydrogens (tertiary/aromatic N) is 1. The Kier molecular flexibility index (Phi) is 6.23. The lowest BCUT2D eigenvalue weighted by Crippen LogP contribution is -2.36. The van der Waals surface area contributed by atoms with E-state index in [2.05, 4.69) is 71.1 Å². The van der Waals surface area contributed by atoms with E-state index in [1.807, 2.05) is 0 Å². The van der Waals surface area contributed by atoms with Crippen molar-refractivity contribution in [3.63, 3.8) is 0 Å². The van der Waals surface area contributed by atoms with Gasteiger partial charge in [0.2, 0.25) is 0 Å². The van der Waals surface area contributed by atoms with E-state index in [9.17, 15) is 0 Å². The number of benzene rings is 2. The monoisotopic (exact) mass is 434 g/mol. The average molecular weight is 435 g/mol. The molecule has 1 N–H and O–H groups in total. The van der Waals surface area contributed by atoms with Crippen LogP contribution in [0.25, 0.3) is 0 Å². The second-order valence-electron chi connectivity index (χ2n) is 8.66. The number of nitrogens with one attached hydrogen (secondary N) is 1. The molecule has 1 aromatic heterocycles. The molecule has 0 radical (unpaired) electrons. The molecule has 1 aliphatic carbocycles. The molecule has 2 aromatic carbocycles. The van der Waals surface area contributed by atoms with Gasteiger partial charge in [0.05, 0.1) is 16.8 Å². The molecular weight excluding hydrogens is 404 g/mol. The lowest BCUT2D eigenvalue weighted by molar-refractivity contribution is 0.138. The highest BCUT2D eigenvalue weighted by Crippen LogP contribution is 2.37. The minimum absolute atomic E-state index is 0.149. The van der Waals surface area contributed by atoms with Gasteiger partial charge in [-0.25, -0.2) is 4.98 Å². The van der Waals surface area contributed by atoms with Crippen LogP contribution in [0.2, 0.25) is 0 Å². The van der Waals surface area contributed by atoms with Crippen LogP contribution in [0.3, 0.4) is 0 Å². The highest BCUT2D eigenvalue weighted by atomic mass is 32.1. The molecule has 0 saturated heterocycles. The van der Waals surface area contributed by atoms with E-state index in [0.717, 1.165) is 67.3 Å². The fourth-order valence-electron chi connectivity index (χ4n) is 4.66. The molecule has 3 aromatic rings. The smallest absolute Gasteiger partial charge is 0.124 e. The van der Waals surface area contributed by atoms with Crippen LogP contribution in [0.15, 0.2) is 53.9 Å². The minimum Gasteiger partial charge on any atom is -0.490 e. The van der Waals surface area contributed by atoms with Gasteiger partial charge in [0.1, 0.15) is 17.6 Å². The Morgan fingerprint density at radius 1 is 1.06 bits per heavy atom. The summed E-state index contributed by atoms with van der Waals surface area (Å²) >= 11 is 1.72. The largest absolute Gasteiger partial charge is 0.490 e. The first-order chi connectivity index (χ1) is 15.2. The molecule has 31 heavy (non-hydrogen) atoms. The second kappa shape index (κ2) is 9.41. The van der Waals surface area contributed by atoms with Gasteiger partial charge >= 0.3 is 0 Å². The molecule has 4 nitrogen and oxygen atoms in total. The average Bonchev–Trinajstić information content (AvgIpc) is 3.24. The van der Waals surface area contributed by atoms with Gasteiger partial charge in [0.25, 0.3) is 0 Å². The molecule has 1 unspecified atom stereocenters. The number of aromatic nitrogens is 1. The quantitative estimate of drug-likeness (QED) is 0.517. The summed E-state index contributed by atoms with van der Waals surface area (Å²) in [6, 6.07) is 17.4. The Balaban J connectivity index is 1.12. The zero-order valence-corrected chi connectivity index (χ0v) is 18.9. The Morgan fingerprint density at radius 3 is 2.68 bits per heavy atom. The molecule has 0 amide bonds. The second-order valence-corrected chi connectivity index (χ2v) is 9.72. The molecule has 1 aliphatic heterocycles. The Bertz CT molecular complexity index is 996. The summed E-state index contributed by atoms with van der Waals surface area (Å²) in [6.45, 7) is 2.93. The van der Waals surface area contributed by atoms with E-state index >= 15 is 0 Å². The van der Waals surface area contributed by atoms with E-state index in [-0.39, 0.29) is 6.10 Å². The summed E-state index contributed by atoms with van der Waals surface area (Å²) in [4.78, 5) is 4.54. The lowest BCUT2D eigenvalue weighted by Gasteiger charge is -2.30. The first-order valence-corrected chi connectivity index (χ1v) is 12.3. The summed E-state index contributed by atoms with van der Waals surface area (Å²) in [5, 5.41) is 6.96. The van der Waals surface area contributed by atoms with Gasteiger partial charge in [-0.1, -0.05) is 30.3 Å². The van der Waals surface area contributed by atoms with Gasteiger partial charge in [-0.2, -0.15) is 0 Å². The first-order valence-electron chi connectivity index (χ1n) is 11.4. The zero-order chi connectivity index (χ0) is 21.0. The zero-order valence-electron chi connectivity index (χ0n) is 18.0. The van der Waals surface area contributed by atoms with Crippen molar-refractivity contribution in [1.82, 2.24) is 10.3 Å². The number of fused-ring (bicyclic) bond motifs is 1. The molecule has 162 valence electrons. The number of hydrogen-bond acceptors (Lipinski definition) is 5. The topological polar surface area (TPSA) is 43.4 Å². The maximum absolute atomic E-state index is 6.35. The van der Waals surface area contributed by atoms with Crippen LogP contribution in [-0.2, 0) is 13.0 Å². The Hall–Kier alpha value is -2.37. The molecule has 1 atom stereocenters. The van der Waals surface area contributed by atoms with Crippen molar-refractivity contribution in [2.75, 3.05) is 0 Å². The van der Waals surface area contributed by atoms with Crippen molar-refractivity contribution >= 4 is 11.3 Å². The third kappa shape index (κ3) is 5.10. The van der Waals surface area contributed by atoms with Gasteiger partial charge in [-0.05, 0) is 74.8 Å². The van der Waals surface area contributed by atoms with E-state index in [4.69, 9.17) is 9.47 Å². The minimum atomic E-state index is 0.149. The summed E-state index contributed by atoms with van der Waals surface area (Å²) in [7, 11) is 0. The van der Waals surface area contributed by atoms with Crippen LogP contribution < -0.4 is 14.8 Å². The van der Waals surface area contributed by atoms with Crippen molar-refractivity contribution in [2.45, 2.75) is 70.2 Å². The van der Waals surface area contributed by atoms with Gasteiger partial charge in [0, 0.05) is 18.0 Å². The van der Waals surface area contributed by atoms with Gasteiger partial charge < -0.3 is 14.8 Å². The number of ether oxygens (including phenoxy) is 2. The van der Waals surface area contributed by atoms with E-state index < -0.39 is 0 Å². The van der Waals surface area contributed by atoms with Gasteiger partial charge in [-0.3, -0.25) is 0 Å². The standard InChI is InChI=1S/C26H30N2O2S/c1-18-28-22(17-31-18)16-27-21-8-10-23(11-9-21)29-24-12-14-26-20(15-24)7-13-25(30-26)19-5-3-2-4-6-19/h2-6,12,14-15,17,21,23,25,27H,7-11,13,16H2,1H3. The highest BCUT2D eigenvalue weighted by Gasteiger charge is 2.24. The molecule has 1 fully saturated rings. The number of hydrogen-bond donors (Lipinski definition) is 1. The summed E-state index contributed by atoms with van der Waals surface area (Å²) in [6.07, 6.45) is 6.99. The SMILES string of the molecule is Cc1nc(CNC2CCC(Oc3ccc4c(c3)CCC(c3ccccc3)O4)CC2)cs1. The van der Waals surface area contributed by atoms with Crippen LogP contribution in [0.1, 0.15) is 60.0 Å². The summed E-state index contributed by atoms with van der Waals surface area (Å²) in [5.74, 6) is 1.98. The first kappa shape index (κ1) is 20.5. The van der Waals surface area contributed by atoms with Crippen LogP contribution in [-0.4, -0.2) is 17.1 Å². The Labute approximate surface area is 188 Å². The molecule has 2 heterocycles. The van der Waals surface area contributed by atoms with Crippen molar-refractivity contribution in [2.24, 2.45) is 0 Å². The predicted octanol–water partition coefficient (Wildman–Crippen LogP) is 6.00. The van der Waals surface area contributed by atoms with Crippen LogP contribution in [0, 0.1) is 6.92 Å². The molecule has 5 rings (SSSR count). The summed E-state index contributed by atoms with van der Waals surface area (Å²) in [5.41, 5.74) is 3.68.